The van der Waals surface area contributed by atoms with Crippen LogP contribution >= 0.6 is 0 Å². The molecule has 0 aliphatic carbocycles. The SMILES string of the molecule is Cc1nc2c(c(=O)n1C[C@@H]1CCCO1)c1nc3ccccc3nc1n2CC(C)C. The number of hydrogen-bond acceptors (Lipinski definition) is 5. The van der Waals surface area contributed by atoms with Gasteiger partial charge in [0.2, 0.25) is 0 Å². The van der Waals surface area contributed by atoms with Gasteiger partial charge in [-0.25, -0.2) is 15.0 Å². The molecule has 0 saturated carbocycles. The zero-order chi connectivity index (χ0) is 20.1. The molecule has 0 amide bonds. The molecule has 0 bridgehead atoms. The van der Waals surface area contributed by atoms with Crippen LogP contribution < -0.4 is 5.56 Å². The molecule has 5 rings (SSSR count). The maximum absolute atomic E-state index is 13.6. The van der Waals surface area contributed by atoms with E-state index in [2.05, 4.69) is 18.4 Å². The summed E-state index contributed by atoms with van der Waals surface area (Å²) in [7, 11) is 0. The molecule has 7 heteroatoms. The monoisotopic (exact) mass is 391 g/mol. The van der Waals surface area contributed by atoms with Crippen LogP contribution in [0.15, 0.2) is 29.1 Å². The van der Waals surface area contributed by atoms with E-state index in [-0.39, 0.29) is 11.7 Å². The van der Waals surface area contributed by atoms with Crippen molar-refractivity contribution >= 4 is 33.2 Å². The van der Waals surface area contributed by atoms with E-state index < -0.39 is 0 Å². The number of rotatable bonds is 4. The molecule has 0 radical (unpaired) electrons. The molecule has 0 N–H and O–H groups in total. The highest BCUT2D eigenvalue weighted by Crippen LogP contribution is 2.26. The van der Waals surface area contributed by atoms with Crippen LogP contribution in [0.3, 0.4) is 0 Å². The molecule has 0 unspecified atom stereocenters. The standard InChI is InChI=1S/C22H25N5O2/c1-13(2)11-27-20-18(19-21(27)25-17-9-5-4-8-16(17)24-19)22(28)26(14(3)23-20)12-15-7-6-10-29-15/h4-5,8-9,13,15H,6-7,10-12H2,1-3H3/t15-/m0/s1. The van der Waals surface area contributed by atoms with Crippen LogP contribution in [0.5, 0.6) is 0 Å². The highest BCUT2D eigenvalue weighted by Gasteiger charge is 2.24. The van der Waals surface area contributed by atoms with Crippen molar-refractivity contribution in [3.05, 3.63) is 40.4 Å². The number of aromatic nitrogens is 5. The average molecular weight is 391 g/mol. The van der Waals surface area contributed by atoms with Gasteiger partial charge in [-0.05, 0) is 37.8 Å². The topological polar surface area (TPSA) is 74.8 Å². The molecule has 0 spiro atoms. The second kappa shape index (κ2) is 6.91. The molecule has 1 saturated heterocycles. The Kier molecular flexibility index (Phi) is 4.35. The summed E-state index contributed by atoms with van der Waals surface area (Å²) in [5.41, 5.74) is 3.60. The smallest absolute Gasteiger partial charge is 0.265 e. The van der Waals surface area contributed by atoms with E-state index in [9.17, 15) is 4.79 Å². The molecule has 3 aromatic heterocycles. The number of ether oxygens (including phenoxy) is 1. The van der Waals surface area contributed by atoms with Crippen LogP contribution in [0, 0.1) is 12.8 Å². The molecule has 1 atom stereocenters. The summed E-state index contributed by atoms with van der Waals surface area (Å²) >= 11 is 0. The van der Waals surface area contributed by atoms with Crippen LogP contribution in [0.2, 0.25) is 0 Å². The van der Waals surface area contributed by atoms with Gasteiger partial charge in [-0.2, -0.15) is 0 Å². The summed E-state index contributed by atoms with van der Waals surface area (Å²) < 4.78 is 9.56. The maximum Gasteiger partial charge on any atom is 0.265 e. The first-order valence-corrected chi connectivity index (χ1v) is 10.3. The average Bonchev–Trinajstić information content (AvgIpc) is 3.30. The molecular weight excluding hydrogens is 366 g/mol. The van der Waals surface area contributed by atoms with Gasteiger partial charge < -0.3 is 9.30 Å². The lowest BCUT2D eigenvalue weighted by atomic mass is 10.2. The van der Waals surface area contributed by atoms with Crippen molar-refractivity contribution in [3.63, 3.8) is 0 Å². The van der Waals surface area contributed by atoms with Crippen LogP contribution in [0.4, 0.5) is 0 Å². The summed E-state index contributed by atoms with van der Waals surface area (Å²) in [6.45, 7) is 8.22. The van der Waals surface area contributed by atoms with Gasteiger partial charge in [-0.3, -0.25) is 9.36 Å². The highest BCUT2D eigenvalue weighted by molar-refractivity contribution is 6.04. The fourth-order valence-electron chi connectivity index (χ4n) is 4.24. The van der Waals surface area contributed by atoms with E-state index in [0.717, 1.165) is 42.7 Å². The van der Waals surface area contributed by atoms with E-state index >= 15 is 0 Å². The normalized spacial score (nSPS) is 17.3. The maximum atomic E-state index is 13.6. The van der Waals surface area contributed by atoms with Crippen molar-refractivity contribution < 1.29 is 4.74 Å². The first kappa shape index (κ1) is 18.2. The van der Waals surface area contributed by atoms with Crippen molar-refractivity contribution in [1.82, 2.24) is 24.1 Å². The predicted octanol–water partition coefficient (Wildman–Crippen LogP) is 3.44. The van der Waals surface area contributed by atoms with Crippen LogP contribution in [-0.4, -0.2) is 36.8 Å². The van der Waals surface area contributed by atoms with E-state index in [1.54, 1.807) is 4.57 Å². The predicted molar refractivity (Wildman–Crippen MR) is 113 cm³/mol. The third kappa shape index (κ3) is 3.00. The van der Waals surface area contributed by atoms with E-state index in [4.69, 9.17) is 19.7 Å². The van der Waals surface area contributed by atoms with Gasteiger partial charge in [0.25, 0.3) is 5.56 Å². The summed E-state index contributed by atoms with van der Waals surface area (Å²) in [5, 5.41) is 0.558. The highest BCUT2D eigenvalue weighted by atomic mass is 16.5. The minimum atomic E-state index is -0.0555. The number of hydrogen-bond donors (Lipinski definition) is 0. The lowest BCUT2D eigenvalue weighted by molar-refractivity contribution is 0.0955. The van der Waals surface area contributed by atoms with Crippen molar-refractivity contribution in [2.75, 3.05) is 6.61 Å². The molecule has 4 heterocycles. The van der Waals surface area contributed by atoms with Crippen molar-refractivity contribution in [1.29, 1.82) is 0 Å². The minimum absolute atomic E-state index is 0.0555. The molecule has 1 aliphatic rings. The summed E-state index contributed by atoms with van der Waals surface area (Å²) in [5.74, 6) is 1.09. The molecular formula is C22H25N5O2. The Morgan fingerprint density at radius 1 is 1.10 bits per heavy atom. The number of fused-ring (bicyclic) bond motifs is 4. The Morgan fingerprint density at radius 2 is 1.86 bits per heavy atom. The number of benzene rings is 1. The Bertz CT molecular complexity index is 1280. The van der Waals surface area contributed by atoms with Crippen LogP contribution in [0.1, 0.15) is 32.5 Å². The van der Waals surface area contributed by atoms with Crippen molar-refractivity contribution in [3.8, 4) is 0 Å². The van der Waals surface area contributed by atoms with E-state index in [1.807, 2.05) is 31.2 Å². The Morgan fingerprint density at radius 3 is 2.55 bits per heavy atom. The molecule has 29 heavy (non-hydrogen) atoms. The van der Waals surface area contributed by atoms with Crippen LogP contribution in [-0.2, 0) is 17.8 Å². The van der Waals surface area contributed by atoms with Crippen LogP contribution in [0.25, 0.3) is 33.2 Å². The van der Waals surface area contributed by atoms with Gasteiger partial charge in [0.05, 0.1) is 23.7 Å². The second-order valence-corrected chi connectivity index (χ2v) is 8.30. The zero-order valence-electron chi connectivity index (χ0n) is 17.1. The fourth-order valence-corrected chi connectivity index (χ4v) is 4.24. The summed E-state index contributed by atoms with van der Waals surface area (Å²) in [6.07, 6.45) is 2.09. The van der Waals surface area contributed by atoms with E-state index in [1.165, 1.54) is 0 Å². The number of para-hydroxylation sites is 2. The Hall–Kier alpha value is -2.80. The lowest BCUT2D eigenvalue weighted by Gasteiger charge is -2.15. The molecule has 150 valence electrons. The van der Waals surface area contributed by atoms with Crippen molar-refractivity contribution in [2.24, 2.45) is 5.92 Å². The van der Waals surface area contributed by atoms with Gasteiger partial charge in [-0.1, -0.05) is 26.0 Å². The number of aryl methyl sites for hydroxylation is 1. The second-order valence-electron chi connectivity index (χ2n) is 8.30. The van der Waals surface area contributed by atoms with Gasteiger partial charge in [-0.15, -0.1) is 0 Å². The Labute approximate surface area is 168 Å². The third-order valence-corrected chi connectivity index (χ3v) is 5.60. The molecule has 1 aliphatic heterocycles. The largest absolute Gasteiger partial charge is 0.376 e. The minimum Gasteiger partial charge on any atom is -0.376 e. The molecule has 1 aromatic carbocycles. The molecule has 7 nitrogen and oxygen atoms in total. The van der Waals surface area contributed by atoms with Gasteiger partial charge >= 0.3 is 0 Å². The van der Waals surface area contributed by atoms with Gasteiger partial charge in [0.1, 0.15) is 16.7 Å². The quantitative estimate of drug-likeness (QED) is 0.533. The van der Waals surface area contributed by atoms with Gasteiger partial charge in [0, 0.05) is 13.2 Å². The first-order chi connectivity index (χ1) is 14.0. The zero-order valence-corrected chi connectivity index (χ0v) is 17.1. The molecule has 1 fully saturated rings. The summed E-state index contributed by atoms with van der Waals surface area (Å²) in [6, 6.07) is 7.77. The molecule has 4 aromatic rings. The fraction of sp³-hybridized carbons (Fsp3) is 0.455. The van der Waals surface area contributed by atoms with Crippen molar-refractivity contribution in [2.45, 2.75) is 52.8 Å². The third-order valence-electron chi connectivity index (χ3n) is 5.60. The summed E-state index contributed by atoms with van der Waals surface area (Å²) in [4.78, 5) is 28.1. The lowest BCUT2D eigenvalue weighted by Crippen LogP contribution is -2.29. The Balaban J connectivity index is 1.83. The number of nitrogens with zero attached hydrogens (tertiary/aromatic N) is 5. The van der Waals surface area contributed by atoms with Gasteiger partial charge in [0.15, 0.2) is 11.3 Å². The first-order valence-electron chi connectivity index (χ1n) is 10.3. The van der Waals surface area contributed by atoms with E-state index in [0.29, 0.717) is 34.8 Å².